The van der Waals surface area contributed by atoms with Gasteiger partial charge in [0.05, 0.1) is 17.7 Å². The zero-order valence-corrected chi connectivity index (χ0v) is 10.2. The first-order chi connectivity index (χ1) is 8.06. The molecule has 88 valence electrons. The molecule has 2 N–H and O–H groups in total. The molecular formula is C11H8BrN2O3-. The van der Waals surface area contributed by atoms with Crippen LogP contribution in [0.1, 0.15) is 11.6 Å². The summed E-state index contributed by atoms with van der Waals surface area (Å²) in [6.07, 6.45) is 1.40. The number of urea groups is 1. The second-order valence-electron chi connectivity index (χ2n) is 3.50. The molecule has 0 spiro atoms. The van der Waals surface area contributed by atoms with Crippen LogP contribution in [0.4, 0.5) is 4.79 Å². The maximum absolute atomic E-state index is 11.3. The predicted octanol–water partition coefficient (Wildman–Crippen LogP) is 0.437. The van der Waals surface area contributed by atoms with Crippen molar-refractivity contribution in [2.45, 2.75) is 6.04 Å². The summed E-state index contributed by atoms with van der Waals surface area (Å²) < 4.78 is 0.853. The Hall–Kier alpha value is -1.82. The summed E-state index contributed by atoms with van der Waals surface area (Å²) in [6, 6.07) is 6.21. The number of carboxylic acids is 1. The van der Waals surface area contributed by atoms with Crippen molar-refractivity contribution in [2.75, 3.05) is 0 Å². The fourth-order valence-corrected chi connectivity index (χ4v) is 1.97. The van der Waals surface area contributed by atoms with Crippen molar-refractivity contribution in [1.82, 2.24) is 10.6 Å². The molecule has 1 aromatic carbocycles. The molecule has 0 unspecified atom stereocenters. The van der Waals surface area contributed by atoms with Gasteiger partial charge in [-0.25, -0.2) is 4.79 Å². The average molecular weight is 296 g/mol. The highest BCUT2D eigenvalue weighted by atomic mass is 79.9. The highest BCUT2D eigenvalue weighted by Gasteiger charge is 2.19. The fraction of sp³-hybridized carbons (Fsp3) is 0.0909. The van der Waals surface area contributed by atoms with Gasteiger partial charge < -0.3 is 20.5 Å². The maximum atomic E-state index is 11.3. The van der Waals surface area contributed by atoms with Gasteiger partial charge in [-0.2, -0.15) is 0 Å². The van der Waals surface area contributed by atoms with Gasteiger partial charge in [0.1, 0.15) is 0 Å². The third-order valence-electron chi connectivity index (χ3n) is 2.30. The highest BCUT2D eigenvalue weighted by Crippen LogP contribution is 2.21. The lowest BCUT2D eigenvalue weighted by atomic mass is 10.0. The third kappa shape index (κ3) is 2.65. The van der Waals surface area contributed by atoms with E-state index in [0.717, 1.165) is 10.0 Å². The van der Waals surface area contributed by atoms with Crippen molar-refractivity contribution in [2.24, 2.45) is 0 Å². The first-order valence-electron chi connectivity index (χ1n) is 4.82. The van der Waals surface area contributed by atoms with Gasteiger partial charge in [-0.1, -0.05) is 28.1 Å². The molecule has 0 aliphatic carbocycles. The standard InChI is InChI=1S/C11H9BrN2O3/c12-7-3-1-2-6(4-7)8-5-9(10(15)16)14-11(17)13-8/h1-5,8H,(H,15,16)(H2,13,14,17)/p-1/t8-/m1/s1. The predicted molar refractivity (Wildman–Crippen MR) is 61.6 cm³/mol. The molecule has 17 heavy (non-hydrogen) atoms. The Morgan fingerprint density at radius 2 is 2.18 bits per heavy atom. The molecule has 0 saturated heterocycles. The lowest BCUT2D eigenvalue weighted by Crippen LogP contribution is -2.46. The van der Waals surface area contributed by atoms with E-state index in [9.17, 15) is 14.7 Å². The summed E-state index contributed by atoms with van der Waals surface area (Å²) >= 11 is 3.31. The molecule has 6 heteroatoms. The summed E-state index contributed by atoms with van der Waals surface area (Å²) in [4.78, 5) is 22.0. The molecule has 1 aliphatic heterocycles. The molecule has 0 radical (unpaired) electrons. The smallest absolute Gasteiger partial charge is 0.320 e. The van der Waals surface area contributed by atoms with E-state index in [-0.39, 0.29) is 5.70 Å². The molecule has 0 aromatic heterocycles. The van der Waals surface area contributed by atoms with Gasteiger partial charge in [-0.05, 0) is 23.8 Å². The Morgan fingerprint density at radius 1 is 1.41 bits per heavy atom. The summed E-state index contributed by atoms with van der Waals surface area (Å²) in [7, 11) is 0. The van der Waals surface area contributed by atoms with Crippen LogP contribution in [-0.4, -0.2) is 12.0 Å². The van der Waals surface area contributed by atoms with Gasteiger partial charge in [-0.3, -0.25) is 0 Å². The van der Waals surface area contributed by atoms with Gasteiger partial charge in [0.2, 0.25) is 0 Å². The van der Waals surface area contributed by atoms with E-state index in [4.69, 9.17) is 0 Å². The molecule has 1 heterocycles. The maximum Gasteiger partial charge on any atom is 0.320 e. The van der Waals surface area contributed by atoms with Crippen LogP contribution in [0.15, 0.2) is 40.5 Å². The summed E-state index contributed by atoms with van der Waals surface area (Å²) in [6.45, 7) is 0. The number of aliphatic carboxylic acids is 1. The van der Waals surface area contributed by atoms with E-state index >= 15 is 0 Å². The van der Waals surface area contributed by atoms with Gasteiger partial charge >= 0.3 is 6.03 Å². The SMILES string of the molecule is O=C1NC(C(=O)[O-])=C[C@H](c2cccc(Br)c2)N1. The first kappa shape index (κ1) is 11.7. The molecule has 0 bridgehead atoms. The molecule has 0 fully saturated rings. The highest BCUT2D eigenvalue weighted by molar-refractivity contribution is 9.10. The number of hydrogen-bond acceptors (Lipinski definition) is 3. The zero-order chi connectivity index (χ0) is 12.4. The third-order valence-corrected chi connectivity index (χ3v) is 2.79. The van der Waals surface area contributed by atoms with Crippen LogP contribution in [0, 0.1) is 0 Å². The quantitative estimate of drug-likeness (QED) is 0.830. The van der Waals surface area contributed by atoms with Crippen molar-refractivity contribution < 1.29 is 14.7 Å². The van der Waals surface area contributed by atoms with Crippen LogP contribution in [0.25, 0.3) is 0 Å². The number of hydrogen-bond donors (Lipinski definition) is 2. The molecule has 0 saturated carbocycles. The molecule has 2 amide bonds. The number of carbonyl (C=O) groups excluding carboxylic acids is 2. The molecule has 1 aliphatic rings. The number of carbonyl (C=O) groups is 2. The average Bonchev–Trinajstić information content (AvgIpc) is 2.28. The van der Waals surface area contributed by atoms with E-state index in [0.29, 0.717) is 0 Å². The molecule has 1 atom stereocenters. The lowest BCUT2D eigenvalue weighted by Gasteiger charge is -2.24. The van der Waals surface area contributed by atoms with Gasteiger partial charge in [-0.15, -0.1) is 0 Å². The van der Waals surface area contributed by atoms with Crippen LogP contribution < -0.4 is 15.7 Å². The van der Waals surface area contributed by atoms with Gasteiger partial charge in [0.15, 0.2) is 0 Å². The van der Waals surface area contributed by atoms with Crippen molar-refractivity contribution in [3.8, 4) is 0 Å². The van der Waals surface area contributed by atoms with Crippen molar-refractivity contribution in [1.29, 1.82) is 0 Å². The number of benzene rings is 1. The van der Waals surface area contributed by atoms with E-state index in [1.54, 1.807) is 18.2 Å². The van der Waals surface area contributed by atoms with Crippen LogP contribution in [0.3, 0.4) is 0 Å². The number of amides is 2. The largest absolute Gasteiger partial charge is 0.543 e. The number of carboxylic acid groups (broad SMARTS) is 1. The second kappa shape index (κ2) is 4.58. The van der Waals surface area contributed by atoms with Crippen molar-refractivity contribution in [3.63, 3.8) is 0 Å². The van der Waals surface area contributed by atoms with Crippen molar-refractivity contribution in [3.05, 3.63) is 46.1 Å². The van der Waals surface area contributed by atoms with E-state index in [2.05, 4.69) is 26.6 Å². The number of rotatable bonds is 2. The summed E-state index contributed by atoms with van der Waals surface area (Å²) in [5.74, 6) is -1.40. The topological polar surface area (TPSA) is 81.3 Å². The van der Waals surface area contributed by atoms with E-state index in [1.165, 1.54) is 6.08 Å². The van der Waals surface area contributed by atoms with Crippen LogP contribution in [-0.2, 0) is 4.79 Å². The molecular weight excluding hydrogens is 288 g/mol. The van der Waals surface area contributed by atoms with Crippen LogP contribution in [0.5, 0.6) is 0 Å². The van der Waals surface area contributed by atoms with Crippen molar-refractivity contribution >= 4 is 27.9 Å². The molecule has 5 nitrogen and oxygen atoms in total. The summed E-state index contributed by atoms with van der Waals surface area (Å²) in [5.41, 5.74) is 0.562. The monoisotopic (exact) mass is 295 g/mol. The minimum Gasteiger partial charge on any atom is -0.543 e. The van der Waals surface area contributed by atoms with E-state index in [1.807, 2.05) is 6.07 Å². The Kier molecular flexibility index (Phi) is 3.14. The fourth-order valence-electron chi connectivity index (χ4n) is 1.55. The lowest BCUT2D eigenvalue weighted by molar-refractivity contribution is -0.299. The Balaban J connectivity index is 2.35. The number of nitrogens with one attached hydrogen (secondary N) is 2. The van der Waals surface area contributed by atoms with Crippen LogP contribution >= 0.6 is 15.9 Å². The molecule has 2 rings (SSSR count). The van der Waals surface area contributed by atoms with Gasteiger partial charge in [0.25, 0.3) is 0 Å². The van der Waals surface area contributed by atoms with Gasteiger partial charge in [0, 0.05) is 4.47 Å². The summed E-state index contributed by atoms with van der Waals surface area (Å²) in [5, 5.41) is 15.5. The zero-order valence-electron chi connectivity index (χ0n) is 8.57. The first-order valence-corrected chi connectivity index (χ1v) is 5.62. The Bertz CT molecular complexity index is 513. The number of halogens is 1. The van der Waals surface area contributed by atoms with Crippen LogP contribution in [0.2, 0.25) is 0 Å². The Morgan fingerprint density at radius 3 is 2.82 bits per heavy atom. The molecule has 1 aromatic rings. The van der Waals surface area contributed by atoms with E-state index < -0.39 is 18.0 Å². The Labute approximate surface area is 106 Å². The normalized spacial score (nSPS) is 19.0. The minimum atomic E-state index is -1.40. The second-order valence-corrected chi connectivity index (χ2v) is 4.41. The minimum absolute atomic E-state index is 0.223.